The zero-order valence-electron chi connectivity index (χ0n) is 13.8. The van der Waals surface area contributed by atoms with Crippen molar-refractivity contribution in [3.05, 3.63) is 54.4 Å². The minimum Gasteiger partial charge on any atom is -0.345 e. The lowest BCUT2D eigenvalue weighted by atomic mass is 10.0. The molecular weight excluding hydrogens is 316 g/mol. The molecule has 124 valence electrons. The van der Waals surface area contributed by atoms with Crippen LogP contribution >= 0.6 is 0 Å². The third-order valence-electron chi connectivity index (χ3n) is 4.03. The van der Waals surface area contributed by atoms with Gasteiger partial charge in [-0.1, -0.05) is 12.1 Å². The molecule has 0 radical (unpaired) electrons. The van der Waals surface area contributed by atoms with E-state index < -0.39 is 0 Å². The minimum absolute atomic E-state index is 0.0302. The topological polar surface area (TPSA) is 90.6 Å². The Morgan fingerprint density at radius 1 is 1.08 bits per heavy atom. The molecule has 25 heavy (non-hydrogen) atoms. The van der Waals surface area contributed by atoms with Gasteiger partial charge in [-0.2, -0.15) is 10.2 Å². The number of carbonyl (C=O) groups is 1. The molecule has 0 bridgehead atoms. The van der Waals surface area contributed by atoms with Gasteiger partial charge in [0.05, 0.1) is 11.4 Å². The number of aromatic nitrogens is 5. The summed E-state index contributed by atoms with van der Waals surface area (Å²) in [6.07, 6.45) is 3.45. The van der Waals surface area contributed by atoms with Gasteiger partial charge in [-0.05, 0) is 29.8 Å². The van der Waals surface area contributed by atoms with Crippen LogP contribution in [-0.4, -0.2) is 50.3 Å². The van der Waals surface area contributed by atoms with Crippen LogP contribution in [0.5, 0.6) is 0 Å². The number of aromatic amines is 2. The molecule has 1 aromatic carbocycles. The molecule has 2 N–H and O–H groups in total. The summed E-state index contributed by atoms with van der Waals surface area (Å²) in [5.74, 6) is -0.0302. The van der Waals surface area contributed by atoms with Crippen molar-refractivity contribution in [3.8, 4) is 22.5 Å². The van der Waals surface area contributed by atoms with Crippen molar-refractivity contribution < 1.29 is 4.79 Å². The lowest BCUT2D eigenvalue weighted by molar-refractivity contribution is 0.0827. The van der Waals surface area contributed by atoms with Crippen LogP contribution in [0.3, 0.4) is 0 Å². The second kappa shape index (κ2) is 5.86. The van der Waals surface area contributed by atoms with Crippen molar-refractivity contribution >= 4 is 16.9 Å². The van der Waals surface area contributed by atoms with E-state index in [0.717, 1.165) is 27.9 Å². The highest BCUT2D eigenvalue weighted by Crippen LogP contribution is 2.28. The van der Waals surface area contributed by atoms with Gasteiger partial charge in [-0.15, -0.1) is 0 Å². The molecule has 0 saturated heterocycles. The molecule has 0 fully saturated rings. The third kappa shape index (κ3) is 2.65. The molecule has 0 aliphatic rings. The summed E-state index contributed by atoms with van der Waals surface area (Å²) >= 11 is 0. The Morgan fingerprint density at radius 3 is 2.72 bits per heavy atom. The lowest BCUT2D eigenvalue weighted by Gasteiger charge is -2.11. The zero-order chi connectivity index (χ0) is 17.4. The van der Waals surface area contributed by atoms with Crippen LogP contribution in [0.25, 0.3) is 33.5 Å². The number of H-pyrrole nitrogens is 2. The smallest absolute Gasteiger partial charge is 0.253 e. The number of rotatable bonds is 3. The maximum absolute atomic E-state index is 12.2. The van der Waals surface area contributed by atoms with Gasteiger partial charge in [0.25, 0.3) is 5.91 Å². The standard InChI is InChI=1S/C18H16N6O/c1-24(2)18(25)12-5-3-4-11(8-12)13-9-14-16(15-6-7-20-21-15)22-23-17(14)19-10-13/h3-10H,1-2H3,(H,20,21)(H,19,22,23). The fourth-order valence-corrected chi connectivity index (χ4v) is 2.75. The largest absolute Gasteiger partial charge is 0.345 e. The highest BCUT2D eigenvalue weighted by atomic mass is 16.2. The predicted molar refractivity (Wildman–Crippen MR) is 94.9 cm³/mol. The van der Waals surface area contributed by atoms with Crippen LogP contribution in [0, 0.1) is 0 Å². The Balaban J connectivity index is 1.81. The summed E-state index contributed by atoms with van der Waals surface area (Å²) in [7, 11) is 3.48. The molecule has 3 heterocycles. The molecule has 7 heteroatoms. The van der Waals surface area contributed by atoms with Crippen molar-refractivity contribution in [2.75, 3.05) is 14.1 Å². The van der Waals surface area contributed by atoms with E-state index in [2.05, 4.69) is 25.4 Å². The molecule has 0 aliphatic heterocycles. The van der Waals surface area contributed by atoms with Crippen LogP contribution in [0.15, 0.2) is 48.8 Å². The molecule has 0 spiro atoms. The van der Waals surface area contributed by atoms with Crippen LogP contribution in [0.1, 0.15) is 10.4 Å². The molecule has 4 rings (SSSR count). The van der Waals surface area contributed by atoms with Gasteiger partial charge in [-0.25, -0.2) is 4.98 Å². The summed E-state index contributed by atoms with van der Waals surface area (Å²) in [5, 5.41) is 15.0. The maximum Gasteiger partial charge on any atom is 0.253 e. The molecule has 4 aromatic rings. The van der Waals surface area contributed by atoms with E-state index >= 15 is 0 Å². The molecule has 0 unspecified atom stereocenters. The van der Waals surface area contributed by atoms with E-state index in [1.807, 2.05) is 36.4 Å². The maximum atomic E-state index is 12.2. The van der Waals surface area contributed by atoms with Crippen LogP contribution < -0.4 is 0 Å². The number of amides is 1. The van der Waals surface area contributed by atoms with Gasteiger partial charge in [-0.3, -0.25) is 15.0 Å². The van der Waals surface area contributed by atoms with Gasteiger partial charge in [0, 0.05) is 43.0 Å². The van der Waals surface area contributed by atoms with Crippen molar-refractivity contribution in [1.29, 1.82) is 0 Å². The van der Waals surface area contributed by atoms with Gasteiger partial charge in [0.2, 0.25) is 0 Å². The van der Waals surface area contributed by atoms with Gasteiger partial charge in [0.1, 0.15) is 0 Å². The van der Waals surface area contributed by atoms with Crippen LogP contribution in [-0.2, 0) is 0 Å². The Hall–Kier alpha value is -3.48. The summed E-state index contributed by atoms with van der Waals surface area (Å²) in [6, 6.07) is 11.4. The molecule has 0 saturated carbocycles. The van der Waals surface area contributed by atoms with E-state index in [9.17, 15) is 4.79 Å². The predicted octanol–water partition coefficient (Wildman–Crippen LogP) is 2.72. The fourth-order valence-electron chi connectivity index (χ4n) is 2.75. The fraction of sp³-hybridized carbons (Fsp3) is 0.111. The van der Waals surface area contributed by atoms with Crippen molar-refractivity contribution in [2.24, 2.45) is 0 Å². The molecule has 0 aliphatic carbocycles. The SMILES string of the molecule is CN(C)C(=O)c1cccc(-c2cnc3n[nH]c(-c4ccn[nH]4)c3c2)c1. The second-order valence-electron chi connectivity index (χ2n) is 5.94. The monoisotopic (exact) mass is 332 g/mol. The molecule has 7 nitrogen and oxygen atoms in total. The number of hydrogen-bond acceptors (Lipinski definition) is 4. The number of benzene rings is 1. The van der Waals surface area contributed by atoms with Gasteiger partial charge in [0.15, 0.2) is 5.65 Å². The van der Waals surface area contributed by atoms with E-state index in [-0.39, 0.29) is 5.91 Å². The minimum atomic E-state index is -0.0302. The van der Waals surface area contributed by atoms with Crippen LogP contribution in [0.4, 0.5) is 0 Å². The lowest BCUT2D eigenvalue weighted by Crippen LogP contribution is -2.21. The van der Waals surface area contributed by atoms with E-state index in [1.54, 1.807) is 31.4 Å². The molecular formula is C18H16N6O. The Kier molecular flexibility index (Phi) is 3.53. The highest BCUT2D eigenvalue weighted by Gasteiger charge is 2.13. The Morgan fingerprint density at radius 2 is 1.96 bits per heavy atom. The van der Waals surface area contributed by atoms with E-state index in [0.29, 0.717) is 11.2 Å². The normalized spacial score (nSPS) is 11.0. The quantitative estimate of drug-likeness (QED) is 0.603. The van der Waals surface area contributed by atoms with E-state index in [4.69, 9.17) is 0 Å². The third-order valence-corrected chi connectivity index (χ3v) is 4.03. The summed E-state index contributed by atoms with van der Waals surface area (Å²) in [5.41, 5.74) is 4.81. The summed E-state index contributed by atoms with van der Waals surface area (Å²) in [4.78, 5) is 18.2. The number of nitrogens with one attached hydrogen (secondary N) is 2. The number of carbonyl (C=O) groups excluding carboxylic acids is 1. The molecule has 0 atom stereocenters. The first-order valence-electron chi connectivity index (χ1n) is 7.79. The average Bonchev–Trinajstić information content (AvgIpc) is 3.29. The Bertz CT molecular complexity index is 1050. The van der Waals surface area contributed by atoms with Crippen molar-refractivity contribution in [3.63, 3.8) is 0 Å². The Labute approximate surface area is 143 Å². The highest BCUT2D eigenvalue weighted by molar-refractivity contribution is 5.96. The van der Waals surface area contributed by atoms with Crippen LogP contribution in [0.2, 0.25) is 0 Å². The number of hydrogen-bond donors (Lipinski definition) is 2. The number of nitrogens with zero attached hydrogens (tertiary/aromatic N) is 4. The number of fused-ring (bicyclic) bond motifs is 1. The average molecular weight is 332 g/mol. The first-order chi connectivity index (χ1) is 12.1. The van der Waals surface area contributed by atoms with Gasteiger partial charge < -0.3 is 4.90 Å². The second-order valence-corrected chi connectivity index (χ2v) is 5.94. The van der Waals surface area contributed by atoms with E-state index in [1.165, 1.54) is 0 Å². The summed E-state index contributed by atoms with van der Waals surface area (Å²) in [6.45, 7) is 0. The molecule has 1 amide bonds. The summed E-state index contributed by atoms with van der Waals surface area (Å²) < 4.78 is 0. The first-order valence-corrected chi connectivity index (χ1v) is 7.79. The zero-order valence-corrected chi connectivity index (χ0v) is 13.8. The number of pyridine rings is 1. The first kappa shape index (κ1) is 15.1. The van der Waals surface area contributed by atoms with Gasteiger partial charge >= 0.3 is 0 Å². The van der Waals surface area contributed by atoms with Crippen molar-refractivity contribution in [1.82, 2.24) is 30.3 Å². The van der Waals surface area contributed by atoms with Crippen molar-refractivity contribution in [2.45, 2.75) is 0 Å². The molecule has 3 aromatic heterocycles.